The van der Waals surface area contributed by atoms with Gasteiger partial charge in [-0.1, -0.05) is 49.3 Å². The van der Waals surface area contributed by atoms with Gasteiger partial charge in [-0.05, 0) is 92.6 Å². The second kappa shape index (κ2) is 11.6. The molecular formula is C27H40O. The first-order chi connectivity index (χ1) is 13.8. The van der Waals surface area contributed by atoms with E-state index >= 15 is 0 Å². The molecule has 0 unspecified atom stereocenters. The number of hydrogen-bond donors (Lipinski definition) is 0. The van der Waals surface area contributed by atoms with Crippen LogP contribution in [-0.2, 0) is 11.3 Å². The van der Waals surface area contributed by atoms with Gasteiger partial charge in [0.05, 0.1) is 13.2 Å². The van der Waals surface area contributed by atoms with E-state index in [2.05, 4.69) is 43.5 Å². The summed E-state index contributed by atoms with van der Waals surface area (Å²) in [6.45, 7) is 9.19. The summed E-state index contributed by atoms with van der Waals surface area (Å²) < 4.78 is 5.67. The summed E-state index contributed by atoms with van der Waals surface area (Å²) in [5, 5.41) is 0. The second-order valence-corrected chi connectivity index (χ2v) is 9.18. The van der Waals surface area contributed by atoms with Gasteiger partial charge in [0, 0.05) is 0 Å². The van der Waals surface area contributed by atoms with Crippen LogP contribution in [0.2, 0.25) is 0 Å². The van der Waals surface area contributed by atoms with Crippen LogP contribution in [0.15, 0.2) is 49.6 Å². The van der Waals surface area contributed by atoms with Gasteiger partial charge in [0.25, 0.3) is 0 Å². The fraction of sp³-hybridized carbons (Fsp3) is 0.630. The molecular weight excluding hydrogens is 340 g/mol. The summed E-state index contributed by atoms with van der Waals surface area (Å²) in [5.41, 5.74) is 2.82. The maximum atomic E-state index is 5.67. The zero-order chi connectivity index (χ0) is 19.6. The Morgan fingerprint density at radius 1 is 0.821 bits per heavy atom. The lowest BCUT2D eigenvalue weighted by Gasteiger charge is -2.31. The second-order valence-electron chi connectivity index (χ2n) is 9.18. The first-order valence-electron chi connectivity index (χ1n) is 11.7. The van der Waals surface area contributed by atoms with Crippen molar-refractivity contribution >= 4 is 0 Å². The molecule has 0 aliphatic heterocycles. The number of benzene rings is 1. The summed E-state index contributed by atoms with van der Waals surface area (Å²) in [4.78, 5) is 0. The molecule has 1 heteroatoms. The maximum absolute atomic E-state index is 5.67. The van der Waals surface area contributed by atoms with E-state index < -0.39 is 0 Å². The molecule has 0 bridgehead atoms. The van der Waals surface area contributed by atoms with E-state index in [9.17, 15) is 0 Å². The monoisotopic (exact) mass is 380 g/mol. The molecule has 2 aliphatic carbocycles. The number of hydrogen-bond acceptors (Lipinski definition) is 1. The normalized spacial score (nSPS) is 28.0. The van der Waals surface area contributed by atoms with Crippen LogP contribution in [0, 0.1) is 17.8 Å². The van der Waals surface area contributed by atoms with E-state index in [0.29, 0.717) is 0 Å². The minimum Gasteiger partial charge on any atom is -0.376 e. The summed E-state index contributed by atoms with van der Waals surface area (Å²) in [6, 6.07) is 9.20. The molecule has 2 saturated carbocycles. The topological polar surface area (TPSA) is 9.23 Å². The van der Waals surface area contributed by atoms with Gasteiger partial charge in [-0.25, -0.2) is 0 Å². The van der Waals surface area contributed by atoms with Crippen LogP contribution >= 0.6 is 0 Å². The van der Waals surface area contributed by atoms with Crippen LogP contribution in [0.4, 0.5) is 0 Å². The molecule has 3 rings (SSSR count). The molecule has 2 aliphatic rings. The van der Waals surface area contributed by atoms with Crippen LogP contribution in [-0.4, -0.2) is 6.61 Å². The van der Waals surface area contributed by atoms with Crippen LogP contribution < -0.4 is 0 Å². The number of ether oxygens (including phenoxy) is 1. The summed E-state index contributed by atoms with van der Waals surface area (Å²) in [7, 11) is 0. The smallest absolute Gasteiger partial charge is 0.0717 e. The molecule has 0 heterocycles. The molecule has 1 aromatic rings. The van der Waals surface area contributed by atoms with Crippen molar-refractivity contribution in [3.63, 3.8) is 0 Å². The summed E-state index contributed by atoms with van der Waals surface area (Å²) in [5.74, 6) is 3.55. The molecule has 0 aromatic heterocycles. The predicted molar refractivity (Wildman–Crippen MR) is 120 cm³/mol. The van der Waals surface area contributed by atoms with E-state index in [0.717, 1.165) is 43.3 Å². The third-order valence-electron chi connectivity index (χ3n) is 7.24. The van der Waals surface area contributed by atoms with Crippen LogP contribution in [0.25, 0.3) is 0 Å². The standard InChI is InChI=1S/C27H40O/c1-3-5-20-28-21-25-14-18-27(19-15-25)26-16-12-24(13-17-26)11-10-23-8-6-22(4-2)7-9-23/h3-4,14-15,18-19,22-24,26H,1-2,5-13,16-17,20-21H2. The highest BCUT2D eigenvalue weighted by Gasteiger charge is 2.24. The molecule has 1 aromatic carbocycles. The molecule has 28 heavy (non-hydrogen) atoms. The quantitative estimate of drug-likeness (QED) is 0.297. The third kappa shape index (κ3) is 6.62. The molecule has 0 saturated heterocycles. The molecule has 2 fully saturated rings. The van der Waals surface area contributed by atoms with Gasteiger partial charge in [0.2, 0.25) is 0 Å². The molecule has 0 N–H and O–H groups in total. The lowest BCUT2D eigenvalue weighted by molar-refractivity contribution is 0.125. The van der Waals surface area contributed by atoms with Crippen molar-refractivity contribution in [2.24, 2.45) is 17.8 Å². The average molecular weight is 381 g/mol. The predicted octanol–water partition coefficient (Wildman–Crippen LogP) is 7.83. The number of rotatable bonds is 10. The molecule has 0 atom stereocenters. The van der Waals surface area contributed by atoms with Gasteiger partial charge in [-0.3, -0.25) is 0 Å². The lowest BCUT2D eigenvalue weighted by Crippen LogP contribution is -2.17. The van der Waals surface area contributed by atoms with Crippen molar-refractivity contribution in [3.05, 3.63) is 60.7 Å². The Hall–Kier alpha value is -1.34. The molecule has 0 amide bonds. The Morgan fingerprint density at radius 3 is 2.00 bits per heavy atom. The Balaban J connectivity index is 1.34. The van der Waals surface area contributed by atoms with Gasteiger partial charge in [-0.15, -0.1) is 13.2 Å². The largest absolute Gasteiger partial charge is 0.376 e. The van der Waals surface area contributed by atoms with Gasteiger partial charge >= 0.3 is 0 Å². The van der Waals surface area contributed by atoms with Crippen molar-refractivity contribution in [3.8, 4) is 0 Å². The van der Waals surface area contributed by atoms with Crippen molar-refractivity contribution in [1.82, 2.24) is 0 Å². The molecule has 0 spiro atoms. The zero-order valence-electron chi connectivity index (χ0n) is 17.8. The SMILES string of the molecule is C=CCCOCc1ccc(C2CCC(CCC3CCC(C=C)CC3)CC2)cc1. The first-order valence-corrected chi connectivity index (χ1v) is 11.7. The van der Waals surface area contributed by atoms with Crippen molar-refractivity contribution in [2.45, 2.75) is 83.2 Å². The fourth-order valence-electron chi connectivity index (χ4n) is 5.21. The van der Waals surface area contributed by atoms with Crippen molar-refractivity contribution < 1.29 is 4.74 Å². The number of allylic oxidation sites excluding steroid dienone is 1. The van der Waals surface area contributed by atoms with Crippen LogP contribution in [0.1, 0.15) is 87.7 Å². The molecule has 154 valence electrons. The van der Waals surface area contributed by atoms with Crippen LogP contribution in [0.5, 0.6) is 0 Å². The highest BCUT2D eigenvalue weighted by Crippen LogP contribution is 2.39. The highest BCUT2D eigenvalue weighted by atomic mass is 16.5. The molecule has 1 nitrogen and oxygen atoms in total. The summed E-state index contributed by atoms with van der Waals surface area (Å²) >= 11 is 0. The molecule has 0 radical (unpaired) electrons. The van der Waals surface area contributed by atoms with Crippen LogP contribution in [0.3, 0.4) is 0 Å². The third-order valence-corrected chi connectivity index (χ3v) is 7.24. The van der Waals surface area contributed by atoms with E-state index in [-0.39, 0.29) is 0 Å². The lowest BCUT2D eigenvalue weighted by atomic mass is 9.74. The van der Waals surface area contributed by atoms with E-state index in [4.69, 9.17) is 4.74 Å². The Labute approximate surface area is 173 Å². The minimum absolute atomic E-state index is 0.718. The Kier molecular flexibility index (Phi) is 8.86. The van der Waals surface area contributed by atoms with Crippen molar-refractivity contribution in [2.75, 3.05) is 6.61 Å². The van der Waals surface area contributed by atoms with Crippen molar-refractivity contribution in [1.29, 1.82) is 0 Å². The summed E-state index contributed by atoms with van der Waals surface area (Å²) in [6.07, 6.45) is 19.2. The van der Waals surface area contributed by atoms with Gasteiger partial charge in [0.1, 0.15) is 0 Å². The first kappa shape index (κ1) is 21.4. The minimum atomic E-state index is 0.718. The zero-order valence-corrected chi connectivity index (χ0v) is 17.8. The van der Waals surface area contributed by atoms with E-state index in [1.165, 1.54) is 75.3 Å². The maximum Gasteiger partial charge on any atom is 0.0717 e. The van der Waals surface area contributed by atoms with Gasteiger partial charge in [-0.2, -0.15) is 0 Å². The Bertz CT molecular complexity index is 571. The van der Waals surface area contributed by atoms with Gasteiger partial charge < -0.3 is 4.74 Å². The fourth-order valence-corrected chi connectivity index (χ4v) is 5.21. The Morgan fingerprint density at radius 2 is 1.43 bits per heavy atom. The highest BCUT2D eigenvalue weighted by molar-refractivity contribution is 5.25. The van der Waals surface area contributed by atoms with Gasteiger partial charge in [0.15, 0.2) is 0 Å². The van der Waals surface area contributed by atoms with E-state index in [1.54, 1.807) is 0 Å². The van der Waals surface area contributed by atoms with E-state index in [1.807, 2.05) is 6.08 Å². The average Bonchev–Trinajstić information content (AvgIpc) is 2.76.